The average Bonchev–Trinajstić information content (AvgIpc) is 2.03. The summed E-state index contributed by atoms with van der Waals surface area (Å²) in [6, 6.07) is 6.10. The van der Waals surface area contributed by atoms with Gasteiger partial charge in [-0.25, -0.2) is 0 Å². The zero-order valence-corrected chi connectivity index (χ0v) is 11.3. The van der Waals surface area contributed by atoms with Crippen LogP contribution >= 0.6 is 38.5 Å². The highest BCUT2D eigenvalue weighted by atomic mass is 127. The molecule has 0 aliphatic heterocycles. The Balaban J connectivity index is 2.56. The molecule has 0 unspecified atom stereocenters. The molecule has 0 aromatic heterocycles. The fourth-order valence-electron chi connectivity index (χ4n) is 0.946. The maximum Gasteiger partial charge on any atom is 0.121 e. The molecule has 1 aromatic rings. The second kappa shape index (κ2) is 5.86. The van der Waals surface area contributed by atoms with E-state index in [1.54, 1.807) is 0 Å². The van der Waals surface area contributed by atoms with Crippen LogP contribution in [0.15, 0.2) is 22.7 Å². The third-order valence-electron chi connectivity index (χ3n) is 1.60. The van der Waals surface area contributed by atoms with Crippen LogP contribution in [0, 0.1) is 3.57 Å². The summed E-state index contributed by atoms with van der Waals surface area (Å²) in [6.07, 6.45) is 2.29. The Morgan fingerprint density at radius 3 is 2.77 bits per heavy atom. The smallest absolute Gasteiger partial charge is 0.121 e. The topological polar surface area (TPSA) is 9.23 Å². The van der Waals surface area contributed by atoms with E-state index in [0.29, 0.717) is 0 Å². The second-order valence-electron chi connectivity index (χ2n) is 2.81. The standard InChI is InChI=1S/C10H12BrIO/c1-2-3-4-13-10-6-8(11)5-9(12)7-10/h5-7H,2-4H2,1H3. The average molecular weight is 355 g/mol. The maximum atomic E-state index is 5.57. The van der Waals surface area contributed by atoms with Gasteiger partial charge in [0, 0.05) is 8.04 Å². The molecule has 0 aliphatic carbocycles. The Morgan fingerprint density at radius 1 is 1.38 bits per heavy atom. The number of ether oxygens (including phenoxy) is 1. The van der Waals surface area contributed by atoms with Crippen molar-refractivity contribution in [3.63, 3.8) is 0 Å². The molecule has 0 amide bonds. The maximum absolute atomic E-state index is 5.57. The molecule has 13 heavy (non-hydrogen) atoms. The summed E-state index contributed by atoms with van der Waals surface area (Å²) in [5.41, 5.74) is 0. The minimum atomic E-state index is 0.809. The summed E-state index contributed by atoms with van der Waals surface area (Å²) < 4.78 is 7.84. The first-order valence-electron chi connectivity index (χ1n) is 4.31. The molecule has 0 atom stereocenters. The highest BCUT2D eigenvalue weighted by Crippen LogP contribution is 2.22. The van der Waals surface area contributed by atoms with Gasteiger partial charge in [0.05, 0.1) is 6.61 Å². The molecule has 0 heterocycles. The van der Waals surface area contributed by atoms with E-state index < -0.39 is 0 Å². The minimum absolute atomic E-state index is 0.809. The van der Waals surface area contributed by atoms with Crippen LogP contribution in [0.2, 0.25) is 0 Å². The van der Waals surface area contributed by atoms with Gasteiger partial charge in [-0.1, -0.05) is 29.3 Å². The quantitative estimate of drug-likeness (QED) is 0.580. The van der Waals surface area contributed by atoms with Crippen molar-refractivity contribution < 1.29 is 4.74 Å². The molecule has 0 radical (unpaired) electrons. The molecule has 3 heteroatoms. The molecule has 0 aliphatic rings. The first-order chi connectivity index (χ1) is 6.22. The van der Waals surface area contributed by atoms with Crippen LogP contribution in [-0.4, -0.2) is 6.61 Å². The normalized spacial score (nSPS) is 10.1. The van der Waals surface area contributed by atoms with Gasteiger partial charge >= 0.3 is 0 Å². The lowest BCUT2D eigenvalue weighted by Gasteiger charge is -2.05. The van der Waals surface area contributed by atoms with Gasteiger partial charge in [0.15, 0.2) is 0 Å². The summed E-state index contributed by atoms with van der Waals surface area (Å²) >= 11 is 5.72. The van der Waals surface area contributed by atoms with Crippen molar-refractivity contribution in [2.45, 2.75) is 19.8 Å². The van der Waals surface area contributed by atoms with Gasteiger partial charge in [-0.2, -0.15) is 0 Å². The minimum Gasteiger partial charge on any atom is -0.494 e. The van der Waals surface area contributed by atoms with Crippen molar-refractivity contribution in [2.75, 3.05) is 6.61 Å². The number of halogens is 2. The summed E-state index contributed by atoms with van der Waals surface area (Å²) in [4.78, 5) is 0. The predicted molar refractivity (Wildman–Crippen MR) is 67.3 cm³/mol. The lowest BCUT2D eigenvalue weighted by Crippen LogP contribution is -1.96. The summed E-state index contributed by atoms with van der Waals surface area (Å²) in [5.74, 6) is 0.951. The highest BCUT2D eigenvalue weighted by molar-refractivity contribution is 14.1. The first-order valence-corrected chi connectivity index (χ1v) is 6.18. The van der Waals surface area contributed by atoms with Crippen molar-refractivity contribution in [2.24, 2.45) is 0 Å². The summed E-state index contributed by atoms with van der Waals surface area (Å²) in [7, 11) is 0. The van der Waals surface area contributed by atoms with Crippen LogP contribution in [-0.2, 0) is 0 Å². The summed E-state index contributed by atoms with van der Waals surface area (Å²) in [6.45, 7) is 2.97. The molecule has 1 aromatic carbocycles. The number of unbranched alkanes of at least 4 members (excludes halogenated alkanes) is 1. The van der Waals surface area contributed by atoms with Gasteiger partial charge in [-0.3, -0.25) is 0 Å². The van der Waals surface area contributed by atoms with E-state index in [1.165, 1.54) is 9.99 Å². The molecule has 0 saturated heterocycles. The summed E-state index contributed by atoms with van der Waals surface area (Å²) in [5, 5.41) is 0. The largest absolute Gasteiger partial charge is 0.494 e. The van der Waals surface area contributed by atoms with E-state index in [4.69, 9.17) is 4.74 Å². The lowest BCUT2D eigenvalue weighted by molar-refractivity contribution is 0.309. The van der Waals surface area contributed by atoms with Crippen LogP contribution < -0.4 is 4.74 Å². The first kappa shape index (κ1) is 11.3. The molecule has 1 rings (SSSR count). The molecule has 0 bridgehead atoms. The molecular formula is C10H12BrIO. The van der Waals surface area contributed by atoms with E-state index in [9.17, 15) is 0 Å². The molecule has 72 valence electrons. The fourth-order valence-corrected chi connectivity index (χ4v) is 2.49. The van der Waals surface area contributed by atoms with Gasteiger partial charge in [-0.15, -0.1) is 0 Å². The zero-order chi connectivity index (χ0) is 9.68. The van der Waals surface area contributed by atoms with Gasteiger partial charge in [0.25, 0.3) is 0 Å². The van der Waals surface area contributed by atoms with Crippen molar-refractivity contribution in [1.29, 1.82) is 0 Å². The molecule has 0 spiro atoms. The molecule has 0 N–H and O–H groups in total. The van der Waals surface area contributed by atoms with Gasteiger partial charge in [-0.05, 0) is 47.2 Å². The Morgan fingerprint density at radius 2 is 2.15 bits per heavy atom. The molecule has 0 fully saturated rings. The van der Waals surface area contributed by atoms with Crippen LogP contribution in [0.1, 0.15) is 19.8 Å². The second-order valence-corrected chi connectivity index (χ2v) is 4.97. The predicted octanol–water partition coefficient (Wildman–Crippen LogP) is 4.23. The monoisotopic (exact) mass is 354 g/mol. The van der Waals surface area contributed by atoms with Crippen LogP contribution in [0.3, 0.4) is 0 Å². The molecule has 1 nitrogen and oxygen atoms in total. The Bertz CT molecular complexity index is 255. The lowest BCUT2D eigenvalue weighted by atomic mass is 10.3. The Kier molecular flexibility index (Phi) is 5.09. The Labute approximate surface area is 101 Å². The van der Waals surface area contributed by atoms with E-state index in [0.717, 1.165) is 23.2 Å². The van der Waals surface area contributed by atoms with Crippen molar-refractivity contribution in [3.05, 3.63) is 26.2 Å². The molecular weight excluding hydrogens is 343 g/mol. The zero-order valence-electron chi connectivity index (χ0n) is 7.52. The van der Waals surface area contributed by atoms with Gasteiger partial charge < -0.3 is 4.74 Å². The molecule has 0 saturated carbocycles. The Hall–Kier alpha value is 0.230. The van der Waals surface area contributed by atoms with Crippen LogP contribution in [0.4, 0.5) is 0 Å². The fraction of sp³-hybridized carbons (Fsp3) is 0.400. The SMILES string of the molecule is CCCCOc1cc(Br)cc(I)c1. The number of hydrogen-bond acceptors (Lipinski definition) is 1. The van der Waals surface area contributed by atoms with Crippen molar-refractivity contribution in [1.82, 2.24) is 0 Å². The van der Waals surface area contributed by atoms with Gasteiger partial charge in [0.1, 0.15) is 5.75 Å². The number of benzene rings is 1. The third-order valence-corrected chi connectivity index (χ3v) is 2.68. The van der Waals surface area contributed by atoms with E-state index >= 15 is 0 Å². The third kappa shape index (κ3) is 4.31. The van der Waals surface area contributed by atoms with Crippen molar-refractivity contribution in [3.8, 4) is 5.75 Å². The highest BCUT2D eigenvalue weighted by Gasteiger charge is 1.97. The van der Waals surface area contributed by atoms with Crippen molar-refractivity contribution >= 4 is 38.5 Å². The number of hydrogen-bond donors (Lipinski definition) is 0. The van der Waals surface area contributed by atoms with E-state index in [2.05, 4.69) is 51.5 Å². The van der Waals surface area contributed by atoms with E-state index in [1.807, 2.05) is 12.1 Å². The van der Waals surface area contributed by atoms with Crippen LogP contribution in [0.25, 0.3) is 0 Å². The van der Waals surface area contributed by atoms with Gasteiger partial charge in [0.2, 0.25) is 0 Å². The number of rotatable bonds is 4. The van der Waals surface area contributed by atoms with Crippen LogP contribution in [0.5, 0.6) is 5.75 Å². The van der Waals surface area contributed by atoms with E-state index in [-0.39, 0.29) is 0 Å².